The second kappa shape index (κ2) is 10.2. The topological polar surface area (TPSA) is 75.0 Å². The molecule has 0 radical (unpaired) electrons. The van der Waals surface area contributed by atoms with Crippen molar-refractivity contribution in [2.45, 2.75) is 13.5 Å². The van der Waals surface area contributed by atoms with Crippen LogP contribution in [0.5, 0.6) is 11.5 Å². The van der Waals surface area contributed by atoms with Crippen molar-refractivity contribution in [3.63, 3.8) is 0 Å². The highest BCUT2D eigenvalue weighted by Crippen LogP contribution is 2.33. The number of methoxy groups -OCH3 is 1. The van der Waals surface area contributed by atoms with Crippen LogP contribution in [0.3, 0.4) is 0 Å². The maximum atomic E-state index is 13.5. The zero-order valence-corrected chi connectivity index (χ0v) is 19.9. The van der Waals surface area contributed by atoms with Crippen molar-refractivity contribution >= 4 is 40.1 Å². The summed E-state index contributed by atoms with van der Waals surface area (Å²) in [4.78, 5) is 26.2. The molecular formula is C26H20Cl2O6. The molecule has 0 aliphatic rings. The van der Waals surface area contributed by atoms with E-state index in [0.29, 0.717) is 27.1 Å². The van der Waals surface area contributed by atoms with E-state index in [1.165, 1.54) is 7.11 Å². The van der Waals surface area contributed by atoms with Crippen molar-refractivity contribution in [2.75, 3.05) is 13.7 Å². The normalized spacial score (nSPS) is 10.8. The lowest BCUT2D eigenvalue weighted by atomic mass is 10.0. The molecule has 0 unspecified atom stereocenters. The molecule has 0 aliphatic carbocycles. The maximum absolute atomic E-state index is 13.5. The van der Waals surface area contributed by atoms with Crippen molar-refractivity contribution in [2.24, 2.45) is 0 Å². The number of hydrogen-bond acceptors (Lipinski definition) is 6. The van der Waals surface area contributed by atoms with Crippen LogP contribution in [0.1, 0.15) is 23.0 Å². The van der Waals surface area contributed by atoms with Gasteiger partial charge in [-0.1, -0.05) is 47.5 Å². The number of carbonyl (C=O) groups is 1. The van der Waals surface area contributed by atoms with Crippen LogP contribution in [-0.2, 0) is 11.3 Å². The molecule has 4 rings (SSSR count). The number of carbonyl (C=O) groups excluding carboxylic acids is 1. The Labute approximate surface area is 205 Å². The van der Waals surface area contributed by atoms with Gasteiger partial charge in [0.25, 0.3) is 0 Å². The van der Waals surface area contributed by atoms with E-state index in [1.807, 2.05) is 0 Å². The van der Waals surface area contributed by atoms with Crippen LogP contribution in [0, 0.1) is 0 Å². The molecule has 0 spiro atoms. The third kappa shape index (κ3) is 4.74. The fourth-order valence-electron chi connectivity index (χ4n) is 3.50. The molecule has 0 saturated heterocycles. The quantitative estimate of drug-likeness (QED) is 0.269. The van der Waals surface area contributed by atoms with Gasteiger partial charge in [-0.2, -0.15) is 0 Å². The van der Waals surface area contributed by atoms with Gasteiger partial charge in [0.15, 0.2) is 0 Å². The number of ether oxygens (including phenoxy) is 3. The minimum atomic E-state index is -0.746. The molecule has 0 bridgehead atoms. The highest BCUT2D eigenvalue weighted by atomic mass is 35.5. The molecule has 174 valence electrons. The molecule has 0 amide bonds. The SMILES string of the molecule is CCOC(=O)c1oc2cc(OCc3ccc(Cl)c(Cl)c3)ccc2c(=O)c1-c1ccccc1OC. The second-order valence-electron chi connectivity index (χ2n) is 7.25. The van der Waals surface area contributed by atoms with Gasteiger partial charge in [-0.3, -0.25) is 4.79 Å². The summed E-state index contributed by atoms with van der Waals surface area (Å²) in [5.41, 5.74) is 1.13. The fraction of sp³-hybridized carbons (Fsp3) is 0.154. The van der Waals surface area contributed by atoms with Crippen LogP contribution in [-0.4, -0.2) is 19.7 Å². The van der Waals surface area contributed by atoms with Crippen LogP contribution in [0.4, 0.5) is 0 Å². The molecule has 4 aromatic rings. The number of halogens is 2. The summed E-state index contributed by atoms with van der Waals surface area (Å²) in [6.07, 6.45) is 0. The van der Waals surface area contributed by atoms with Crippen molar-refractivity contribution in [1.82, 2.24) is 0 Å². The molecule has 8 heteroatoms. The highest BCUT2D eigenvalue weighted by Gasteiger charge is 2.25. The van der Waals surface area contributed by atoms with Gasteiger partial charge in [-0.05, 0) is 42.8 Å². The van der Waals surface area contributed by atoms with Crippen molar-refractivity contribution in [3.8, 4) is 22.6 Å². The summed E-state index contributed by atoms with van der Waals surface area (Å²) in [5, 5.41) is 1.17. The Kier molecular flexibility index (Phi) is 7.10. The van der Waals surface area contributed by atoms with E-state index in [1.54, 1.807) is 67.6 Å². The Morgan fingerprint density at radius 1 is 1.00 bits per heavy atom. The standard InChI is InChI=1S/C26H20Cl2O6/c1-3-32-26(30)25-23(17-6-4-5-7-21(17)31-2)24(29)18-10-9-16(13-22(18)34-25)33-14-15-8-11-19(27)20(28)12-15/h4-13H,3,14H2,1-2H3. The molecule has 1 heterocycles. The van der Waals surface area contributed by atoms with Gasteiger partial charge in [0.05, 0.1) is 34.7 Å². The molecule has 0 aliphatic heterocycles. The number of benzene rings is 3. The Bertz CT molecular complexity index is 1430. The zero-order valence-electron chi connectivity index (χ0n) is 18.4. The van der Waals surface area contributed by atoms with Gasteiger partial charge < -0.3 is 18.6 Å². The molecule has 1 aromatic heterocycles. The number of para-hydroxylation sites is 1. The van der Waals surface area contributed by atoms with E-state index in [-0.39, 0.29) is 40.9 Å². The molecule has 6 nitrogen and oxygen atoms in total. The average molecular weight is 499 g/mol. The van der Waals surface area contributed by atoms with Gasteiger partial charge in [-0.25, -0.2) is 4.79 Å². The smallest absolute Gasteiger partial charge is 0.375 e. The largest absolute Gasteiger partial charge is 0.496 e. The second-order valence-corrected chi connectivity index (χ2v) is 8.07. The molecule has 3 aromatic carbocycles. The van der Waals surface area contributed by atoms with E-state index < -0.39 is 5.97 Å². The van der Waals surface area contributed by atoms with Crippen molar-refractivity contribution in [3.05, 3.63) is 92.3 Å². The zero-order chi connectivity index (χ0) is 24.2. The monoisotopic (exact) mass is 498 g/mol. The van der Waals surface area contributed by atoms with Crippen LogP contribution in [0.2, 0.25) is 10.0 Å². The molecule has 0 fully saturated rings. The fourth-order valence-corrected chi connectivity index (χ4v) is 3.82. The Balaban J connectivity index is 1.79. The van der Waals surface area contributed by atoms with E-state index in [2.05, 4.69) is 0 Å². The third-order valence-electron chi connectivity index (χ3n) is 5.09. The lowest BCUT2D eigenvalue weighted by Crippen LogP contribution is -2.15. The van der Waals surface area contributed by atoms with E-state index in [4.69, 9.17) is 41.8 Å². The number of esters is 1. The molecule has 34 heavy (non-hydrogen) atoms. The van der Waals surface area contributed by atoms with Gasteiger partial charge in [0.2, 0.25) is 11.2 Å². The van der Waals surface area contributed by atoms with Gasteiger partial charge in [0.1, 0.15) is 23.7 Å². The van der Waals surface area contributed by atoms with E-state index in [0.717, 1.165) is 5.56 Å². The van der Waals surface area contributed by atoms with Crippen molar-refractivity contribution < 1.29 is 23.4 Å². The lowest BCUT2D eigenvalue weighted by molar-refractivity contribution is 0.0492. The summed E-state index contributed by atoms with van der Waals surface area (Å²) >= 11 is 12.0. The first-order valence-electron chi connectivity index (χ1n) is 10.4. The van der Waals surface area contributed by atoms with Gasteiger partial charge in [0, 0.05) is 11.6 Å². The van der Waals surface area contributed by atoms with Gasteiger partial charge >= 0.3 is 5.97 Å². The van der Waals surface area contributed by atoms with Crippen LogP contribution < -0.4 is 14.9 Å². The summed E-state index contributed by atoms with van der Waals surface area (Å²) in [6, 6.07) is 16.9. The molecular weight excluding hydrogens is 479 g/mol. The number of fused-ring (bicyclic) bond motifs is 1. The summed E-state index contributed by atoms with van der Waals surface area (Å²) in [7, 11) is 1.49. The first-order valence-corrected chi connectivity index (χ1v) is 11.2. The Morgan fingerprint density at radius 2 is 1.79 bits per heavy atom. The predicted octanol–water partition coefficient (Wildman–Crippen LogP) is 6.53. The molecule has 0 atom stereocenters. The molecule has 0 saturated carbocycles. The van der Waals surface area contributed by atoms with Gasteiger partial charge in [-0.15, -0.1) is 0 Å². The third-order valence-corrected chi connectivity index (χ3v) is 5.83. The van der Waals surface area contributed by atoms with E-state index in [9.17, 15) is 9.59 Å². The highest BCUT2D eigenvalue weighted by molar-refractivity contribution is 6.42. The minimum absolute atomic E-state index is 0.0767. The Morgan fingerprint density at radius 3 is 2.53 bits per heavy atom. The number of rotatable bonds is 7. The lowest BCUT2D eigenvalue weighted by Gasteiger charge is -2.13. The number of hydrogen-bond donors (Lipinski definition) is 0. The van der Waals surface area contributed by atoms with E-state index >= 15 is 0 Å². The first-order chi connectivity index (χ1) is 16.4. The van der Waals surface area contributed by atoms with Crippen LogP contribution in [0.15, 0.2) is 69.9 Å². The summed E-state index contributed by atoms with van der Waals surface area (Å²) < 4.78 is 22.3. The Hall–Kier alpha value is -3.48. The minimum Gasteiger partial charge on any atom is -0.496 e. The summed E-state index contributed by atoms with van der Waals surface area (Å²) in [6.45, 7) is 2.02. The average Bonchev–Trinajstić information content (AvgIpc) is 2.84. The maximum Gasteiger partial charge on any atom is 0.375 e. The van der Waals surface area contributed by atoms with Crippen LogP contribution in [0.25, 0.3) is 22.1 Å². The predicted molar refractivity (Wildman–Crippen MR) is 131 cm³/mol. The molecule has 0 N–H and O–H groups in total. The summed E-state index contributed by atoms with van der Waals surface area (Å²) in [5.74, 6) is -0.0714. The first kappa shape index (κ1) is 23.7. The van der Waals surface area contributed by atoms with Crippen molar-refractivity contribution in [1.29, 1.82) is 0 Å². The van der Waals surface area contributed by atoms with Crippen LogP contribution >= 0.6 is 23.2 Å².